The molecule has 1 aliphatic heterocycles. The van der Waals surface area contributed by atoms with Crippen molar-refractivity contribution in [2.24, 2.45) is 0 Å². The van der Waals surface area contributed by atoms with Crippen molar-refractivity contribution in [2.45, 2.75) is 50.9 Å². The fourth-order valence-corrected chi connectivity index (χ4v) is 5.04. The number of aromatic nitrogens is 2. The molecule has 2 aromatic carbocycles. The molecule has 0 radical (unpaired) electrons. The van der Waals surface area contributed by atoms with Crippen molar-refractivity contribution in [1.82, 2.24) is 19.6 Å². The van der Waals surface area contributed by atoms with Crippen molar-refractivity contribution in [3.05, 3.63) is 75.2 Å². The van der Waals surface area contributed by atoms with E-state index in [4.69, 9.17) is 31.3 Å². The van der Waals surface area contributed by atoms with Gasteiger partial charge in [0.1, 0.15) is 0 Å². The lowest BCUT2D eigenvalue weighted by Crippen LogP contribution is -2.42. The predicted octanol–water partition coefficient (Wildman–Crippen LogP) is 4.62. The summed E-state index contributed by atoms with van der Waals surface area (Å²) in [5, 5.41) is 14.3. The van der Waals surface area contributed by atoms with Crippen molar-refractivity contribution < 1.29 is 32.6 Å². The molecule has 1 atom stereocenters. The minimum atomic E-state index is -5.08. The summed E-state index contributed by atoms with van der Waals surface area (Å²) in [6.45, 7) is 3.57. The number of likely N-dealkylation sites (tertiary alicyclic amines) is 1. The Kier molecular flexibility index (Phi) is 12.5. The molecular formula is C30H36ClF3N4O5. The first kappa shape index (κ1) is 34.0. The number of halogens is 4. The van der Waals surface area contributed by atoms with Gasteiger partial charge in [-0.3, -0.25) is 14.5 Å². The minimum Gasteiger partial charge on any atom is -0.475 e. The maximum absolute atomic E-state index is 13.4. The number of carboxylic acids is 1. The minimum absolute atomic E-state index is 0.0530. The standard InChI is InChI=1S/C28H35ClN4O3.C2HF3O2/c1-31(27(34)10-6-18-36-2)16-17-32-15-5-7-23(32)20-33-28(35)25-9-4-3-8-24(25)26(30-33)19-21-11-13-22(29)14-12-21;3-2(4,5)1(6)7/h3-4,8-9,11-14,23H,5-7,10,15-20H2,1-2H3;(H,6,7)/t23-;/m1./s1. The molecule has 0 saturated carbocycles. The highest BCUT2D eigenvalue weighted by atomic mass is 35.5. The summed E-state index contributed by atoms with van der Waals surface area (Å²) in [4.78, 5) is 38.8. The fraction of sp³-hybridized carbons (Fsp3) is 0.467. The highest BCUT2D eigenvalue weighted by Gasteiger charge is 2.38. The maximum atomic E-state index is 13.4. The summed E-state index contributed by atoms with van der Waals surface area (Å²) < 4.78 is 38.4. The summed E-state index contributed by atoms with van der Waals surface area (Å²) >= 11 is 6.06. The van der Waals surface area contributed by atoms with Crippen LogP contribution in [-0.4, -0.2) is 89.2 Å². The number of hydrogen-bond acceptors (Lipinski definition) is 6. The lowest BCUT2D eigenvalue weighted by atomic mass is 10.0. The second-order valence-electron chi connectivity index (χ2n) is 10.3. The van der Waals surface area contributed by atoms with Crippen molar-refractivity contribution in [1.29, 1.82) is 0 Å². The molecule has 1 amide bonds. The van der Waals surface area contributed by atoms with Gasteiger partial charge in [0.05, 0.1) is 17.6 Å². The molecule has 0 unspecified atom stereocenters. The molecule has 1 fully saturated rings. The van der Waals surface area contributed by atoms with E-state index in [1.807, 2.05) is 55.6 Å². The van der Waals surface area contributed by atoms with Crippen LogP contribution in [0.15, 0.2) is 53.3 Å². The molecule has 4 rings (SSSR count). The Morgan fingerprint density at radius 1 is 1.14 bits per heavy atom. The number of fused-ring (bicyclic) bond motifs is 1. The fourth-order valence-electron chi connectivity index (χ4n) is 4.91. The third-order valence-corrected chi connectivity index (χ3v) is 7.49. The van der Waals surface area contributed by atoms with Crippen molar-refractivity contribution in [2.75, 3.05) is 40.4 Å². The second-order valence-corrected chi connectivity index (χ2v) is 10.8. The summed E-state index contributed by atoms with van der Waals surface area (Å²) in [6.07, 6.45) is -1.13. The van der Waals surface area contributed by atoms with Crippen LogP contribution in [-0.2, 0) is 27.3 Å². The average molecular weight is 625 g/mol. The van der Waals surface area contributed by atoms with Gasteiger partial charge in [0.2, 0.25) is 5.91 Å². The molecule has 3 aromatic rings. The van der Waals surface area contributed by atoms with Gasteiger partial charge >= 0.3 is 12.1 Å². The molecule has 234 valence electrons. The van der Waals surface area contributed by atoms with Crippen LogP contribution in [0.3, 0.4) is 0 Å². The Labute approximate surface area is 252 Å². The topological polar surface area (TPSA) is 105 Å². The van der Waals surface area contributed by atoms with E-state index in [-0.39, 0.29) is 17.5 Å². The number of aliphatic carboxylic acids is 1. The number of amides is 1. The number of likely N-dealkylation sites (N-methyl/N-ethyl adjacent to an activating group) is 1. The van der Waals surface area contributed by atoms with Gasteiger partial charge in [-0.1, -0.05) is 41.9 Å². The number of nitrogens with zero attached hydrogens (tertiary/aromatic N) is 4. The molecule has 13 heteroatoms. The molecule has 43 heavy (non-hydrogen) atoms. The monoisotopic (exact) mass is 624 g/mol. The number of carbonyl (C=O) groups excluding carboxylic acids is 1. The highest BCUT2D eigenvalue weighted by molar-refractivity contribution is 6.30. The number of rotatable bonds is 11. The molecule has 0 bridgehead atoms. The van der Waals surface area contributed by atoms with Crippen LogP contribution >= 0.6 is 11.6 Å². The van der Waals surface area contributed by atoms with Crippen molar-refractivity contribution >= 4 is 34.2 Å². The van der Waals surface area contributed by atoms with E-state index in [0.29, 0.717) is 42.9 Å². The third kappa shape index (κ3) is 10.0. The summed E-state index contributed by atoms with van der Waals surface area (Å²) in [5.74, 6) is -2.62. The first-order chi connectivity index (χ1) is 20.4. The van der Waals surface area contributed by atoms with Crippen LogP contribution in [0.1, 0.15) is 36.9 Å². The zero-order chi connectivity index (χ0) is 31.6. The predicted molar refractivity (Wildman–Crippen MR) is 157 cm³/mol. The molecule has 1 N–H and O–H groups in total. The molecule has 9 nitrogen and oxygen atoms in total. The quantitative estimate of drug-likeness (QED) is 0.310. The highest BCUT2D eigenvalue weighted by Crippen LogP contribution is 2.21. The first-order valence-corrected chi connectivity index (χ1v) is 14.3. The van der Waals surface area contributed by atoms with Gasteiger partial charge in [0.25, 0.3) is 5.56 Å². The van der Waals surface area contributed by atoms with Crippen LogP contribution in [0.2, 0.25) is 5.02 Å². The van der Waals surface area contributed by atoms with Gasteiger partial charge in [0.15, 0.2) is 0 Å². The molecule has 1 saturated heterocycles. The van der Waals surface area contributed by atoms with Crippen molar-refractivity contribution in [3.63, 3.8) is 0 Å². The van der Waals surface area contributed by atoms with E-state index in [1.165, 1.54) is 0 Å². The van der Waals surface area contributed by atoms with E-state index >= 15 is 0 Å². The second kappa shape index (κ2) is 15.8. The third-order valence-electron chi connectivity index (χ3n) is 7.24. The lowest BCUT2D eigenvalue weighted by molar-refractivity contribution is -0.192. The summed E-state index contributed by atoms with van der Waals surface area (Å²) in [5.41, 5.74) is 1.93. The van der Waals surface area contributed by atoms with E-state index in [9.17, 15) is 22.8 Å². The Bertz CT molecular complexity index is 1430. The number of carboxylic acid groups (broad SMARTS) is 1. The van der Waals surface area contributed by atoms with Crippen LogP contribution < -0.4 is 5.56 Å². The molecule has 1 aliphatic rings. The number of hydrogen-bond donors (Lipinski definition) is 1. The van der Waals surface area contributed by atoms with E-state index < -0.39 is 12.1 Å². The molecule has 0 aliphatic carbocycles. The van der Waals surface area contributed by atoms with E-state index in [0.717, 1.165) is 49.0 Å². The van der Waals surface area contributed by atoms with Crippen LogP contribution in [0.5, 0.6) is 0 Å². The molecular weight excluding hydrogens is 589 g/mol. The van der Waals surface area contributed by atoms with Crippen LogP contribution in [0, 0.1) is 0 Å². The van der Waals surface area contributed by atoms with Gasteiger partial charge in [-0.15, -0.1) is 0 Å². The van der Waals surface area contributed by atoms with Gasteiger partial charge < -0.3 is 14.7 Å². The normalized spacial score (nSPS) is 15.3. The Hall–Kier alpha value is -3.48. The Balaban J connectivity index is 0.000000646. The van der Waals surface area contributed by atoms with Gasteiger partial charge in [-0.25, -0.2) is 9.48 Å². The zero-order valence-corrected chi connectivity index (χ0v) is 24.9. The van der Waals surface area contributed by atoms with Crippen LogP contribution in [0.4, 0.5) is 13.2 Å². The zero-order valence-electron chi connectivity index (χ0n) is 24.1. The number of ether oxygens (including phenoxy) is 1. The number of carbonyl (C=O) groups is 2. The summed E-state index contributed by atoms with van der Waals surface area (Å²) in [6, 6.07) is 15.7. The first-order valence-electron chi connectivity index (χ1n) is 13.9. The van der Waals surface area contributed by atoms with Gasteiger partial charge in [-0.2, -0.15) is 18.3 Å². The molecule has 0 spiro atoms. The number of methoxy groups -OCH3 is 1. The van der Waals surface area contributed by atoms with Crippen LogP contribution in [0.25, 0.3) is 10.8 Å². The Morgan fingerprint density at radius 3 is 2.42 bits per heavy atom. The lowest BCUT2D eigenvalue weighted by Gasteiger charge is -2.27. The number of benzene rings is 2. The van der Waals surface area contributed by atoms with E-state index in [1.54, 1.807) is 16.7 Å². The van der Waals surface area contributed by atoms with Gasteiger partial charge in [-0.05, 0) is 49.6 Å². The smallest absolute Gasteiger partial charge is 0.475 e. The summed E-state index contributed by atoms with van der Waals surface area (Å²) in [7, 11) is 3.51. The van der Waals surface area contributed by atoms with E-state index in [2.05, 4.69) is 4.90 Å². The Morgan fingerprint density at radius 2 is 1.79 bits per heavy atom. The largest absolute Gasteiger partial charge is 0.490 e. The van der Waals surface area contributed by atoms with Gasteiger partial charge in [0, 0.05) is 63.1 Å². The maximum Gasteiger partial charge on any atom is 0.490 e. The molecule has 2 heterocycles. The SMILES string of the molecule is COCCCC(=O)N(C)CCN1CCC[C@@H]1Cn1nc(Cc2ccc(Cl)cc2)c2ccccc2c1=O.O=C(O)C(F)(F)F. The number of alkyl halides is 3. The molecule has 1 aromatic heterocycles. The average Bonchev–Trinajstić information content (AvgIpc) is 3.42. The van der Waals surface area contributed by atoms with Crippen molar-refractivity contribution in [3.8, 4) is 0 Å².